The second-order valence-electron chi connectivity index (χ2n) is 5.19. The highest BCUT2D eigenvalue weighted by Crippen LogP contribution is 2.15. The molecule has 6 heteroatoms. The van der Waals surface area contributed by atoms with Crippen molar-refractivity contribution in [1.29, 1.82) is 0 Å². The molecule has 2 rings (SSSR count). The van der Waals surface area contributed by atoms with Gasteiger partial charge in [-0.15, -0.1) is 0 Å². The smallest absolute Gasteiger partial charge is 0.320 e. The van der Waals surface area contributed by atoms with Gasteiger partial charge in [-0.25, -0.2) is 0 Å². The molecule has 1 atom stereocenters. The monoisotopic (exact) mass is 313 g/mol. The summed E-state index contributed by atoms with van der Waals surface area (Å²) in [5.74, 6) is -1.10. The number of carboxylic acid groups (broad SMARTS) is 1. The molecule has 0 aliphatic carbocycles. The molecule has 0 bridgehead atoms. The molecule has 0 aliphatic rings. The summed E-state index contributed by atoms with van der Waals surface area (Å²) in [5.41, 5.74) is 13.6. The van der Waals surface area contributed by atoms with Crippen molar-refractivity contribution in [3.63, 3.8) is 0 Å². The molecular formula is C17H19N3O3. The predicted molar refractivity (Wildman–Crippen MR) is 89.4 cm³/mol. The van der Waals surface area contributed by atoms with Crippen molar-refractivity contribution in [3.8, 4) is 0 Å². The SMILES string of the molecule is Nc1ccc(C(=O)c2ccc(NCC[C@H](N)C(=O)O)cc2)cc1. The molecule has 0 radical (unpaired) electrons. The fraction of sp³-hybridized carbons (Fsp3) is 0.176. The largest absolute Gasteiger partial charge is 0.480 e. The van der Waals surface area contributed by atoms with Crippen molar-refractivity contribution >= 4 is 23.1 Å². The van der Waals surface area contributed by atoms with Crippen LogP contribution in [0.4, 0.5) is 11.4 Å². The summed E-state index contributed by atoms with van der Waals surface area (Å²) in [7, 11) is 0. The average Bonchev–Trinajstić information content (AvgIpc) is 2.55. The van der Waals surface area contributed by atoms with E-state index in [1.54, 1.807) is 48.5 Å². The van der Waals surface area contributed by atoms with Gasteiger partial charge in [0.2, 0.25) is 0 Å². The van der Waals surface area contributed by atoms with E-state index in [0.717, 1.165) is 5.69 Å². The van der Waals surface area contributed by atoms with Crippen LogP contribution >= 0.6 is 0 Å². The molecule has 0 unspecified atom stereocenters. The van der Waals surface area contributed by atoms with Gasteiger partial charge in [0.1, 0.15) is 6.04 Å². The van der Waals surface area contributed by atoms with Gasteiger partial charge in [0.05, 0.1) is 0 Å². The van der Waals surface area contributed by atoms with Gasteiger partial charge in [-0.2, -0.15) is 0 Å². The lowest BCUT2D eigenvalue weighted by molar-refractivity contribution is -0.138. The lowest BCUT2D eigenvalue weighted by Gasteiger charge is -2.09. The summed E-state index contributed by atoms with van der Waals surface area (Å²) < 4.78 is 0. The molecule has 0 amide bonds. The molecule has 0 saturated heterocycles. The van der Waals surface area contributed by atoms with Crippen molar-refractivity contribution in [1.82, 2.24) is 0 Å². The van der Waals surface area contributed by atoms with Crippen LogP contribution in [0, 0.1) is 0 Å². The van der Waals surface area contributed by atoms with Crippen LogP contribution in [-0.2, 0) is 4.79 Å². The molecule has 23 heavy (non-hydrogen) atoms. The first kappa shape index (κ1) is 16.5. The maximum absolute atomic E-state index is 12.3. The molecular weight excluding hydrogens is 294 g/mol. The number of ketones is 1. The Morgan fingerprint density at radius 3 is 2.04 bits per heavy atom. The fourth-order valence-corrected chi connectivity index (χ4v) is 2.04. The van der Waals surface area contributed by atoms with E-state index in [1.807, 2.05) is 0 Å². The molecule has 0 fully saturated rings. The van der Waals surface area contributed by atoms with E-state index in [4.69, 9.17) is 16.6 Å². The number of carbonyl (C=O) groups excluding carboxylic acids is 1. The minimum Gasteiger partial charge on any atom is -0.480 e. The highest BCUT2D eigenvalue weighted by Gasteiger charge is 2.11. The first-order valence-corrected chi connectivity index (χ1v) is 7.20. The predicted octanol–water partition coefficient (Wildman–Crippen LogP) is 1.71. The first-order chi connectivity index (χ1) is 11.0. The zero-order valence-corrected chi connectivity index (χ0v) is 12.5. The van der Waals surface area contributed by atoms with Gasteiger partial charge in [0.15, 0.2) is 5.78 Å². The Bertz CT molecular complexity index is 681. The first-order valence-electron chi connectivity index (χ1n) is 7.20. The third kappa shape index (κ3) is 4.55. The molecule has 6 nitrogen and oxygen atoms in total. The van der Waals surface area contributed by atoms with Crippen LogP contribution in [0.3, 0.4) is 0 Å². The zero-order valence-electron chi connectivity index (χ0n) is 12.5. The normalized spacial score (nSPS) is 11.7. The standard InChI is InChI=1S/C17H19N3O3/c18-13-5-1-11(2-6-13)16(21)12-3-7-14(8-4-12)20-10-9-15(19)17(22)23/h1-8,15,20H,9-10,18-19H2,(H,22,23)/t15-/m0/s1. The Balaban J connectivity index is 1.95. The highest BCUT2D eigenvalue weighted by atomic mass is 16.4. The topological polar surface area (TPSA) is 118 Å². The number of nitrogens with two attached hydrogens (primary N) is 2. The number of rotatable bonds is 7. The average molecular weight is 313 g/mol. The van der Waals surface area contributed by atoms with E-state index in [9.17, 15) is 9.59 Å². The van der Waals surface area contributed by atoms with Gasteiger partial charge < -0.3 is 21.9 Å². The van der Waals surface area contributed by atoms with Crippen molar-refractivity contribution in [3.05, 3.63) is 59.7 Å². The van der Waals surface area contributed by atoms with Gasteiger partial charge in [-0.05, 0) is 55.0 Å². The number of nitrogens with one attached hydrogen (secondary N) is 1. The molecule has 120 valence electrons. The lowest BCUT2D eigenvalue weighted by Crippen LogP contribution is -2.32. The van der Waals surface area contributed by atoms with Gasteiger partial charge in [0, 0.05) is 29.0 Å². The second kappa shape index (κ2) is 7.42. The number of hydrogen-bond donors (Lipinski definition) is 4. The number of nitrogen functional groups attached to an aromatic ring is 1. The van der Waals surface area contributed by atoms with E-state index in [1.165, 1.54) is 0 Å². The van der Waals surface area contributed by atoms with Crippen LogP contribution < -0.4 is 16.8 Å². The van der Waals surface area contributed by atoms with Crippen LogP contribution in [0.2, 0.25) is 0 Å². The quantitative estimate of drug-likeness (QED) is 0.456. The van der Waals surface area contributed by atoms with E-state index >= 15 is 0 Å². The van der Waals surface area contributed by atoms with Gasteiger partial charge >= 0.3 is 5.97 Å². The van der Waals surface area contributed by atoms with E-state index in [2.05, 4.69) is 5.32 Å². The molecule has 2 aromatic carbocycles. The minimum absolute atomic E-state index is 0.0792. The number of carbonyl (C=O) groups is 2. The lowest BCUT2D eigenvalue weighted by atomic mass is 10.0. The van der Waals surface area contributed by atoms with Crippen LogP contribution in [0.25, 0.3) is 0 Å². The van der Waals surface area contributed by atoms with Crippen molar-refractivity contribution < 1.29 is 14.7 Å². The molecule has 0 heterocycles. The van der Waals surface area contributed by atoms with Crippen molar-refractivity contribution in [2.24, 2.45) is 5.73 Å². The Hall–Kier alpha value is -2.86. The Labute approximate surface area is 134 Å². The third-order valence-electron chi connectivity index (χ3n) is 3.42. The van der Waals surface area contributed by atoms with E-state index < -0.39 is 12.0 Å². The summed E-state index contributed by atoms with van der Waals surface area (Å²) in [6.45, 7) is 0.443. The number of carboxylic acids is 1. The van der Waals surface area contributed by atoms with Gasteiger partial charge in [-0.3, -0.25) is 9.59 Å². The van der Waals surface area contributed by atoms with Crippen molar-refractivity contribution in [2.45, 2.75) is 12.5 Å². The summed E-state index contributed by atoms with van der Waals surface area (Å²) in [4.78, 5) is 22.9. The molecule has 2 aromatic rings. The Morgan fingerprint density at radius 2 is 1.52 bits per heavy atom. The van der Waals surface area contributed by atoms with Crippen LogP contribution in [0.5, 0.6) is 0 Å². The summed E-state index contributed by atoms with van der Waals surface area (Å²) in [5, 5.41) is 11.8. The zero-order chi connectivity index (χ0) is 16.8. The fourth-order valence-electron chi connectivity index (χ4n) is 2.04. The summed E-state index contributed by atoms with van der Waals surface area (Å²) in [6.07, 6.45) is 0.321. The number of anilines is 2. The molecule has 0 spiro atoms. The van der Waals surface area contributed by atoms with Crippen molar-refractivity contribution in [2.75, 3.05) is 17.6 Å². The minimum atomic E-state index is -1.02. The number of aliphatic carboxylic acids is 1. The number of hydrogen-bond acceptors (Lipinski definition) is 5. The number of benzene rings is 2. The molecule has 6 N–H and O–H groups in total. The maximum Gasteiger partial charge on any atom is 0.320 e. The van der Waals surface area contributed by atoms with Crippen LogP contribution in [-0.4, -0.2) is 29.4 Å². The Morgan fingerprint density at radius 1 is 1.00 bits per heavy atom. The van der Waals surface area contributed by atoms with Crippen LogP contribution in [0.15, 0.2) is 48.5 Å². The summed E-state index contributed by atoms with van der Waals surface area (Å²) >= 11 is 0. The van der Waals surface area contributed by atoms with Gasteiger partial charge in [-0.1, -0.05) is 0 Å². The maximum atomic E-state index is 12.3. The molecule has 0 saturated carbocycles. The van der Waals surface area contributed by atoms with Gasteiger partial charge in [0.25, 0.3) is 0 Å². The highest BCUT2D eigenvalue weighted by molar-refractivity contribution is 6.09. The molecule has 0 aromatic heterocycles. The Kier molecular flexibility index (Phi) is 5.32. The van der Waals surface area contributed by atoms with E-state index in [0.29, 0.717) is 29.8 Å². The molecule has 0 aliphatic heterocycles. The van der Waals surface area contributed by atoms with E-state index in [-0.39, 0.29) is 5.78 Å². The summed E-state index contributed by atoms with van der Waals surface area (Å²) in [6, 6.07) is 12.9. The second-order valence-corrected chi connectivity index (χ2v) is 5.19. The third-order valence-corrected chi connectivity index (χ3v) is 3.42. The van der Waals surface area contributed by atoms with Crippen LogP contribution in [0.1, 0.15) is 22.3 Å².